The Hall–Kier alpha value is -3.07. The van der Waals surface area contributed by atoms with Gasteiger partial charge in [0.1, 0.15) is 12.6 Å². The van der Waals surface area contributed by atoms with Crippen LogP contribution in [0.15, 0.2) is 83.8 Å². The lowest BCUT2D eigenvalue weighted by Gasteiger charge is -2.33. The highest BCUT2D eigenvalue weighted by Gasteiger charge is 2.33. The normalized spacial score (nSPS) is 14.7. The Morgan fingerprint density at radius 1 is 0.902 bits per heavy atom. The topological polar surface area (TPSA) is 86.8 Å². The minimum atomic E-state index is -4.18. The predicted octanol–water partition coefficient (Wildman–Crippen LogP) is 6.10. The number of amides is 2. The standard InChI is InChI=1S/C31H35Cl2N3O4S/c1-23(31(38)34-27-12-6-3-7-13-27)35(20-19-24-9-4-2-5-10-24)30(37)22-36(28-14-8-11-26(33)21-28)41(39,40)29-17-15-25(32)16-18-29/h2,4-5,8-11,14-18,21,23,27H,3,6-7,12-13,19-20,22H2,1H3,(H,34,38)/t23-/m1/s1. The van der Waals surface area contributed by atoms with Gasteiger partial charge in [-0.2, -0.15) is 0 Å². The molecule has 41 heavy (non-hydrogen) atoms. The van der Waals surface area contributed by atoms with Crippen LogP contribution in [0.2, 0.25) is 10.0 Å². The van der Waals surface area contributed by atoms with Crippen molar-refractivity contribution in [1.29, 1.82) is 0 Å². The van der Waals surface area contributed by atoms with Crippen LogP contribution in [0.4, 0.5) is 5.69 Å². The number of benzene rings is 3. The first kappa shape index (κ1) is 30.9. The molecule has 10 heteroatoms. The minimum absolute atomic E-state index is 0.0198. The molecule has 0 aliphatic heterocycles. The van der Waals surface area contributed by atoms with E-state index in [1.807, 2.05) is 30.3 Å². The molecule has 1 fully saturated rings. The molecule has 0 saturated heterocycles. The van der Waals surface area contributed by atoms with Gasteiger partial charge in [-0.05, 0) is 74.2 Å². The third-order valence-corrected chi connectivity index (χ3v) is 9.65. The van der Waals surface area contributed by atoms with Gasteiger partial charge in [-0.15, -0.1) is 0 Å². The fourth-order valence-electron chi connectivity index (χ4n) is 5.03. The van der Waals surface area contributed by atoms with E-state index in [0.29, 0.717) is 16.5 Å². The molecule has 2 amide bonds. The monoisotopic (exact) mass is 615 g/mol. The molecule has 218 valence electrons. The first-order chi connectivity index (χ1) is 19.6. The second-order valence-electron chi connectivity index (χ2n) is 10.3. The van der Waals surface area contributed by atoms with Crippen molar-refractivity contribution < 1.29 is 18.0 Å². The smallest absolute Gasteiger partial charge is 0.264 e. The number of nitrogens with one attached hydrogen (secondary N) is 1. The molecule has 1 saturated carbocycles. The first-order valence-corrected chi connectivity index (χ1v) is 16.0. The first-order valence-electron chi connectivity index (χ1n) is 13.8. The molecule has 0 radical (unpaired) electrons. The van der Waals surface area contributed by atoms with E-state index in [-0.39, 0.29) is 29.1 Å². The number of halogens is 2. The van der Waals surface area contributed by atoms with Crippen LogP contribution in [0.5, 0.6) is 0 Å². The van der Waals surface area contributed by atoms with Crippen molar-refractivity contribution >= 4 is 50.7 Å². The highest BCUT2D eigenvalue weighted by atomic mass is 35.5. The molecule has 3 aromatic carbocycles. The van der Waals surface area contributed by atoms with E-state index < -0.39 is 28.5 Å². The molecule has 0 aromatic heterocycles. The molecule has 3 aromatic rings. The molecule has 4 rings (SSSR count). The molecule has 0 heterocycles. The molecule has 1 aliphatic carbocycles. The summed E-state index contributed by atoms with van der Waals surface area (Å²) in [7, 11) is -4.18. The SMILES string of the molecule is C[C@H](C(=O)NC1CCCCC1)N(CCc1ccccc1)C(=O)CN(c1cccc(Cl)c1)S(=O)(=O)c1ccc(Cl)cc1. The van der Waals surface area contributed by atoms with E-state index in [1.165, 1.54) is 35.2 Å². The average molecular weight is 617 g/mol. The van der Waals surface area contributed by atoms with Crippen LogP contribution in [0.1, 0.15) is 44.6 Å². The van der Waals surface area contributed by atoms with Crippen LogP contribution in [0.25, 0.3) is 0 Å². The highest BCUT2D eigenvalue weighted by molar-refractivity contribution is 7.92. The second kappa shape index (κ2) is 14.2. The number of nitrogens with zero attached hydrogens (tertiary/aromatic N) is 2. The van der Waals surface area contributed by atoms with Crippen LogP contribution in [-0.2, 0) is 26.0 Å². The van der Waals surface area contributed by atoms with Crippen LogP contribution >= 0.6 is 23.2 Å². The molecule has 1 N–H and O–H groups in total. The Kier molecular flexibility index (Phi) is 10.7. The van der Waals surface area contributed by atoms with Crippen molar-refractivity contribution in [3.63, 3.8) is 0 Å². The number of sulfonamides is 1. The van der Waals surface area contributed by atoms with Crippen molar-refractivity contribution in [3.8, 4) is 0 Å². The summed E-state index contributed by atoms with van der Waals surface area (Å²) in [6.45, 7) is 1.42. The largest absolute Gasteiger partial charge is 0.352 e. The van der Waals surface area contributed by atoms with Gasteiger partial charge in [-0.1, -0.05) is 78.9 Å². The Balaban J connectivity index is 1.63. The van der Waals surface area contributed by atoms with Crippen molar-refractivity contribution in [2.75, 3.05) is 17.4 Å². The lowest BCUT2D eigenvalue weighted by molar-refractivity contribution is -0.139. The van der Waals surface area contributed by atoms with Gasteiger partial charge in [0, 0.05) is 22.6 Å². The van der Waals surface area contributed by atoms with E-state index in [0.717, 1.165) is 42.0 Å². The van der Waals surface area contributed by atoms with Gasteiger partial charge in [0.15, 0.2) is 0 Å². The van der Waals surface area contributed by atoms with Gasteiger partial charge in [0.2, 0.25) is 11.8 Å². The maximum Gasteiger partial charge on any atom is 0.264 e. The van der Waals surface area contributed by atoms with Crippen LogP contribution in [0.3, 0.4) is 0 Å². The van der Waals surface area contributed by atoms with Crippen molar-refractivity contribution in [2.24, 2.45) is 0 Å². The Bertz CT molecular complexity index is 1430. The van der Waals surface area contributed by atoms with Crippen LogP contribution < -0.4 is 9.62 Å². The van der Waals surface area contributed by atoms with Crippen LogP contribution in [-0.4, -0.2) is 50.3 Å². The summed E-state index contributed by atoms with van der Waals surface area (Å²) < 4.78 is 28.7. The molecule has 0 bridgehead atoms. The van der Waals surface area contributed by atoms with E-state index in [2.05, 4.69) is 5.32 Å². The molecular weight excluding hydrogens is 581 g/mol. The van der Waals surface area contributed by atoms with Gasteiger partial charge in [-0.3, -0.25) is 13.9 Å². The maximum absolute atomic E-state index is 14.0. The van der Waals surface area contributed by atoms with Crippen molar-refractivity contribution in [2.45, 2.75) is 62.4 Å². The summed E-state index contributed by atoms with van der Waals surface area (Å²) in [4.78, 5) is 28.8. The zero-order chi connectivity index (χ0) is 29.4. The van der Waals surface area contributed by atoms with Crippen molar-refractivity contribution in [1.82, 2.24) is 10.2 Å². The molecule has 7 nitrogen and oxygen atoms in total. The fourth-order valence-corrected chi connectivity index (χ4v) is 6.75. The van der Waals surface area contributed by atoms with Gasteiger partial charge >= 0.3 is 0 Å². The summed E-state index contributed by atoms with van der Waals surface area (Å²) >= 11 is 12.2. The van der Waals surface area contributed by atoms with Gasteiger partial charge in [0.25, 0.3) is 10.0 Å². The number of carbonyl (C=O) groups is 2. The van der Waals surface area contributed by atoms with E-state index in [9.17, 15) is 18.0 Å². The second-order valence-corrected chi connectivity index (χ2v) is 13.0. The number of anilines is 1. The summed E-state index contributed by atoms with van der Waals surface area (Å²) in [5, 5.41) is 3.83. The van der Waals surface area contributed by atoms with E-state index in [1.54, 1.807) is 25.1 Å². The van der Waals surface area contributed by atoms with Gasteiger partial charge < -0.3 is 10.2 Å². The molecule has 1 atom stereocenters. The average Bonchev–Trinajstić information content (AvgIpc) is 2.97. The molecular formula is C31H35Cl2N3O4S. The lowest BCUT2D eigenvalue weighted by atomic mass is 9.95. The molecule has 1 aliphatic rings. The maximum atomic E-state index is 14.0. The zero-order valence-corrected chi connectivity index (χ0v) is 25.3. The molecule has 0 spiro atoms. The Morgan fingerprint density at radius 3 is 2.24 bits per heavy atom. The Labute approximate surface area is 252 Å². The third kappa shape index (κ3) is 8.24. The lowest BCUT2D eigenvalue weighted by Crippen LogP contribution is -2.53. The fraction of sp³-hybridized carbons (Fsp3) is 0.355. The predicted molar refractivity (Wildman–Crippen MR) is 164 cm³/mol. The van der Waals surface area contributed by atoms with Crippen LogP contribution in [0, 0.1) is 0 Å². The number of hydrogen-bond acceptors (Lipinski definition) is 4. The van der Waals surface area contributed by atoms with E-state index in [4.69, 9.17) is 23.2 Å². The highest BCUT2D eigenvalue weighted by Crippen LogP contribution is 2.27. The summed E-state index contributed by atoms with van der Waals surface area (Å²) in [5.41, 5.74) is 1.24. The summed E-state index contributed by atoms with van der Waals surface area (Å²) in [6, 6.07) is 21.0. The number of carbonyl (C=O) groups excluding carboxylic acids is 2. The summed E-state index contributed by atoms with van der Waals surface area (Å²) in [5.74, 6) is -0.738. The van der Waals surface area contributed by atoms with Crippen molar-refractivity contribution in [3.05, 3.63) is 94.5 Å². The number of hydrogen-bond donors (Lipinski definition) is 1. The van der Waals surface area contributed by atoms with Gasteiger partial charge in [0.05, 0.1) is 10.6 Å². The van der Waals surface area contributed by atoms with E-state index >= 15 is 0 Å². The Morgan fingerprint density at radius 2 is 1.59 bits per heavy atom. The zero-order valence-electron chi connectivity index (χ0n) is 23.0. The number of rotatable bonds is 11. The quantitative estimate of drug-likeness (QED) is 0.282. The minimum Gasteiger partial charge on any atom is -0.352 e. The third-order valence-electron chi connectivity index (χ3n) is 7.38. The summed E-state index contributed by atoms with van der Waals surface area (Å²) in [6.07, 6.45) is 5.62. The van der Waals surface area contributed by atoms with Gasteiger partial charge in [-0.25, -0.2) is 8.42 Å². The molecule has 0 unspecified atom stereocenters.